The number of H-pyrrole nitrogens is 1. The van der Waals surface area contributed by atoms with Crippen LogP contribution in [0.25, 0.3) is 11.0 Å². The van der Waals surface area contributed by atoms with Crippen LogP contribution in [0.1, 0.15) is 12.2 Å². The summed E-state index contributed by atoms with van der Waals surface area (Å²) in [4.78, 5) is 8.01. The summed E-state index contributed by atoms with van der Waals surface area (Å²) in [5, 5.41) is 3.32. The molecule has 0 bridgehead atoms. The fraction of sp³-hybridized carbons (Fsp3) is 0.462. The van der Waals surface area contributed by atoms with E-state index in [4.69, 9.17) is 0 Å². The van der Waals surface area contributed by atoms with E-state index in [1.807, 2.05) is 6.07 Å². The van der Waals surface area contributed by atoms with Crippen LogP contribution in [0, 0.1) is 5.92 Å². The number of nitrogens with zero attached hydrogens (tertiary/aromatic N) is 1. The Kier molecular flexibility index (Phi) is 3.06. The summed E-state index contributed by atoms with van der Waals surface area (Å²) in [6.45, 7) is 2.06. The van der Waals surface area contributed by atoms with Crippen LogP contribution in [0.3, 0.4) is 0 Å². The molecule has 0 radical (unpaired) electrons. The highest BCUT2D eigenvalue weighted by molar-refractivity contribution is 7.91. The molecule has 0 aliphatic carbocycles. The van der Waals surface area contributed by atoms with Gasteiger partial charge in [-0.3, -0.25) is 0 Å². The van der Waals surface area contributed by atoms with Gasteiger partial charge < -0.3 is 10.3 Å². The summed E-state index contributed by atoms with van der Waals surface area (Å²) in [7, 11) is -3.24. The van der Waals surface area contributed by atoms with Crippen LogP contribution < -0.4 is 5.32 Å². The molecule has 2 aromatic rings. The minimum absolute atomic E-state index is 0.303. The van der Waals surface area contributed by atoms with Crippen LogP contribution in [0.15, 0.2) is 23.1 Å². The summed E-state index contributed by atoms with van der Waals surface area (Å²) in [6.07, 6.45) is 3.23. The zero-order valence-electron chi connectivity index (χ0n) is 10.8. The van der Waals surface area contributed by atoms with Gasteiger partial charge in [0.2, 0.25) is 0 Å². The minimum Gasteiger partial charge on any atom is -0.342 e. The fourth-order valence-corrected chi connectivity index (χ4v) is 3.45. The van der Waals surface area contributed by atoms with E-state index in [-0.39, 0.29) is 0 Å². The number of hydrogen-bond acceptors (Lipinski definition) is 4. The maximum Gasteiger partial charge on any atom is 0.177 e. The predicted octanol–water partition coefficient (Wildman–Crippen LogP) is 1.12. The van der Waals surface area contributed by atoms with Gasteiger partial charge in [-0.15, -0.1) is 0 Å². The molecular weight excluding hydrogens is 262 g/mol. The van der Waals surface area contributed by atoms with E-state index in [0.717, 1.165) is 37.3 Å². The topological polar surface area (TPSA) is 74.8 Å². The molecule has 102 valence electrons. The molecule has 2 N–H and O–H groups in total. The Bertz CT molecular complexity index is 700. The molecule has 1 fully saturated rings. The van der Waals surface area contributed by atoms with Crippen molar-refractivity contribution >= 4 is 20.9 Å². The molecule has 3 rings (SSSR count). The lowest BCUT2D eigenvalue weighted by atomic mass is 10.1. The van der Waals surface area contributed by atoms with Gasteiger partial charge in [0.15, 0.2) is 9.84 Å². The normalized spacial score (nSPS) is 20.2. The third-order valence-corrected chi connectivity index (χ3v) is 4.70. The van der Waals surface area contributed by atoms with E-state index >= 15 is 0 Å². The molecule has 2 heterocycles. The van der Waals surface area contributed by atoms with Gasteiger partial charge in [-0.25, -0.2) is 13.4 Å². The van der Waals surface area contributed by atoms with Crippen LogP contribution in [0.2, 0.25) is 0 Å². The van der Waals surface area contributed by atoms with E-state index in [2.05, 4.69) is 15.3 Å². The maximum atomic E-state index is 11.7. The van der Waals surface area contributed by atoms with Crippen molar-refractivity contribution in [1.82, 2.24) is 15.3 Å². The molecule has 0 amide bonds. The summed E-state index contributed by atoms with van der Waals surface area (Å²) in [5.74, 6) is 1.46. The summed E-state index contributed by atoms with van der Waals surface area (Å²) >= 11 is 0. The van der Waals surface area contributed by atoms with Crippen LogP contribution in [0.5, 0.6) is 0 Å². The lowest BCUT2D eigenvalue weighted by Crippen LogP contribution is -2.11. The molecule has 19 heavy (non-hydrogen) atoms. The Morgan fingerprint density at radius 3 is 2.95 bits per heavy atom. The highest BCUT2D eigenvalue weighted by Crippen LogP contribution is 2.22. The average molecular weight is 279 g/mol. The molecule has 1 aromatic carbocycles. The number of para-hydroxylation sites is 1. The number of benzene rings is 1. The van der Waals surface area contributed by atoms with Gasteiger partial charge in [-0.05, 0) is 37.6 Å². The number of hydrogen-bond donors (Lipinski definition) is 2. The first-order valence-electron chi connectivity index (χ1n) is 6.42. The number of nitrogens with one attached hydrogen (secondary N) is 2. The summed E-state index contributed by atoms with van der Waals surface area (Å²) in [6, 6.07) is 5.23. The molecule has 1 unspecified atom stereocenters. The molecule has 1 aliphatic rings. The zero-order chi connectivity index (χ0) is 13.5. The van der Waals surface area contributed by atoms with Gasteiger partial charge in [-0.2, -0.15) is 0 Å². The molecule has 5 nitrogen and oxygen atoms in total. The van der Waals surface area contributed by atoms with E-state index in [1.165, 1.54) is 6.26 Å². The van der Waals surface area contributed by atoms with Crippen LogP contribution in [-0.2, 0) is 16.3 Å². The van der Waals surface area contributed by atoms with Crippen molar-refractivity contribution in [3.63, 3.8) is 0 Å². The number of aromatic nitrogens is 2. The Balaban J connectivity index is 2.00. The maximum absolute atomic E-state index is 11.7. The lowest BCUT2D eigenvalue weighted by molar-refractivity contribution is 0.565. The fourth-order valence-electron chi connectivity index (χ4n) is 2.61. The van der Waals surface area contributed by atoms with Gasteiger partial charge in [0.1, 0.15) is 11.3 Å². The quantitative estimate of drug-likeness (QED) is 0.883. The third kappa shape index (κ3) is 2.50. The standard InChI is InChI=1S/C13H17N3O2S/c1-19(17,18)11-4-2-3-10-13(11)16-12(15-10)7-9-5-6-14-8-9/h2-4,9,14H,5-8H2,1H3,(H,15,16). The Morgan fingerprint density at radius 2 is 2.26 bits per heavy atom. The van der Waals surface area contributed by atoms with Gasteiger partial charge in [0.25, 0.3) is 0 Å². The highest BCUT2D eigenvalue weighted by Gasteiger charge is 2.19. The van der Waals surface area contributed by atoms with Crippen molar-refractivity contribution in [3.8, 4) is 0 Å². The summed E-state index contributed by atoms with van der Waals surface area (Å²) < 4.78 is 23.5. The average Bonchev–Trinajstić information content (AvgIpc) is 2.95. The Labute approximate surface area is 112 Å². The molecule has 1 aromatic heterocycles. The van der Waals surface area contributed by atoms with E-state index in [1.54, 1.807) is 12.1 Å². The molecule has 6 heteroatoms. The van der Waals surface area contributed by atoms with Gasteiger partial charge in [-0.1, -0.05) is 6.07 Å². The van der Waals surface area contributed by atoms with Gasteiger partial charge in [0.05, 0.1) is 10.4 Å². The second kappa shape index (κ2) is 4.61. The SMILES string of the molecule is CS(=O)(=O)c1cccc2[nH]c(CC3CCNC3)nc12. The van der Waals surface area contributed by atoms with Crippen molar-refractivity contribution in [3.05, 3.63) is 24.0 Å². The van der Waals surface area contributed by atoms with E-state index in [9.17, 15) is 8.42 Å². The zero-order valence-corrected chi connectivity index (χ0v) is 11.6. The van der Waals surface area contributed by atoms with Crippen molar-refractivity contribution in [1.29, 1.82) is 0 Å². The smallest absolute Gasteiger partial charge is 0.177 e. The Morgan fingerprint density at radius 1 is 1.42 bits per heavy atom. The number of sulfone groups is 1. The van der Waals surface area contributed by atoms with Crippen LogP contribution in [0.4, 0.5) is 0 Å². The second-order valence-corrected chi connectivity index (χ2v) is 7.16. The van der Waals surface area contributed by atoms with Gasteiger partial charge >= 0.3 is 0 Å². The van der Waals surface area contributed by atoms with Crippen molar-refractivity contribution in [2.24, 2.45) is 5.92 Å². The first-order valence-corrected chi connectivity index (χ1v) is 8.31. The number of fused-ring (bicyclic) bond motifs is 1. The first kappa shape index (κ1) is 12.6. The Hall–Kier alpha value is -1.40. The molecule has 1 saturated heterocycles. The predicted molar refractivity (Wildman–Crippen MR) is 73.9 cm³/mol. The second-order valence-electron chi connectivity index (χ2n) is 5.17. The van der Waals surface area contributed by atoms with Crippen molar-refractivity contribution < 1.29 is 8.42 Å². The first-order chi connectivity index (χ1) is 9.04. The monoisotopic (exact) mass is 279 g/mol. The van der Waals surface area contributed by atoms with Gasteiger partial charge in [0, 0.05) is 12.7 Å². The minimum atomic E-state index is -3.24. The highest BCUT2D eigenvalue weighted by atomic mass is 32.2. The molecule has 0 spiro atoms. The molecule has 1 atom stereocenters. The number of imidazole rings is 1. The van der Waals surface area contributed by atoms with E-state index in [0.29, 0.717) is 16.3 Å². The van der Waals surface area contributed by atoms with Crippen molar-refractivity contribution in [2.45, 2.75) is 17.7 Å². The number of rotatable bonds is 3. The lowest BCUT2D eigenvalue weighted by Gasteiger charge is -2.03. The number of aromatic amines is 1. The largest absolute Gasteiger partial charge is 0.342 e. The molecule has 0 saturated carbocycles. The van der Waals surface area contributed by atoms with Crippen molar-refractivity contribution in [2.75, 3.05) is 19.3 Å². The third-order valence-electron chi connectivity index (χ3n) is 3.57. The van der Waals surface area contributed by atoms with Crippen LogP contribution in [-0.4, -0.2) is 37.7 Å². The van der Waals surface area contributed by atoms with Crippen LogP contribution >= 0.6 is 0 Å². The summed E-state index contributed by atoms with van der Waals surface area (Å²) in [5.41, 5.74) is 1.36. The molecule has 1 aliphatic heterocycles. The van der Waals surface area contributed by atoms with E-state index < -0.39 is 9.84 Å². The molecular formula is C13H17N3O2S.